The van der Waals surface area contributed by atoms with E-state index < -0.39 is 32.1 Å². The zero-order valence-corrected chi connectivity index (χ0v) is 22.3. The summed E-state index contributed by atoms with van der Waals surface area (Å²) in [5.41, 5.74) is 5.07. The number of carbonyl (C=O) groups excluding carboxylic acids is 1. The maximum Gasteiger partial charge on any atom is 0.254 e. The van der Waals surface area contributed by atoms with Crippen LogP contribution in [0.3, 0.4) is 0 Å². The zero-order valence-electron chi connectivity index (χ0n) is 19.8. The van der Waals surface area contributed by atoms with E-state index in [9.17, 15) is 26.7 Å². The highest BCUT2D eigenvalue weighted by molar-refractivity contribution is 7.91. The van der Waals surface area contributed by atoms with Crippen LogP contribution in [0.15, 0.2) is 46.9 Å². The summed E-state index contributed by atoms with van der Waals surface area (Å²) >= 11 is 1.17. The second-order valence-corrected chi connectivity index (χ2v) is 12.6. The average Bonchev–Trinajstić information content (AvgIpc) is 3.47. The number of fused-ring (bicyclic) bond motifs is 1. The van der Waals surface area contributed by atoms with Crippen molar-refractivity contribution in [1.29, 1.82) is 0 Å². The quantitative estimate of drug-likeness (QED) is 0.159. The van der Waals surface area contributed by atoms with Gasteiger partial charge in [0.15, 0.2) is 15.1 Å². The first-order valence-corrected chi connectivity index (χ1v) is 15.2. The van der Waals surface area contributed by atoms with Gasteiger partial charge in [0.2, 0.25) is 22.7 Å². The van der Waals surface area contributed by atoms with E-state index in [1.807, 2.05) is 23.0 Å². The fraction of sp³-hybridized carbons (Fsp3) is 0.273. The van der Waals surface area contributed by atoms with E-state index in [-0.39, 0.29) is 29.2 Å². The molecule has 1 aliphatic rings. The van der Waals surface area contributed by atoms with Gasteiger partial charge in [0.1, 0.15) is 5.01 Å². The van der Waals surface area contributed by atoms with Crippen molar-refractivity contribution >= 4 is 48.2 Å². The predicted octanol–water partition coefficient (Wildman–Crippen LogP) is 0.418. The smallest absolute Gasteiger partial charge is 0.254 e. The van der Waals surface area contributed by atoms with Crippen LogP contribution in [-0.2, 0) is 27.3 Å². The lowest BCUT2D eigenvalue weighted by Gasteiger charge is -2.35. The number of sulfone groups is 1. The largest absolute Gasteiger partial charge is 0.422 e. The summed E-state index contributed by atoms with van der Waals surface area (Å²) < 4.78 is 52.8. The molecule has 5 rings (SSSR count). The number of hydrogen-bond acceptors (Lipinski definition) is 12. The lowest BCUT2D eigenvalue weighted by atomic mass is 10.0. The zero-order chi connectivity index (χ0) is 27.0. The molecule has 0 bridgehead atoms. The van der Waals surface area contributed by atoms with Crippen molar-refractivity contribution in [3.8, 4) is 11.1 Å². The van der Waals surface area contributed by atoms with E-state index in [2.05, 4.69) is 20.6 Å². The maximum absolute atomic E-state index is 12.7. The van der Waals surface area contributed by atoms with Gasteiger partial charge in [-0.05, 0) is 35.4 Å². The summed E-state index contributed by atoms with van der Waals surface area (Å²) in [5.74, 6) is -0.345. The van der Waals surface area contributed by atoms with Crippen LogP contribution in [0.1, 0.15) is 32.4 Å². The Bertz CT molecular complexity index is 1680. The highest BCUT2D eigenvalue weighted by atomic mass is 32.2. The first-order chi connectivity index (χ1) is 18.1. The van der Waals surface area contributed by atoms with Crippen molar-refractivity contribution in [1.82, 2.24) is 30.3 Å². The number of nitrogens with one attached hydrogen (secondary N) is 2. The Morgan fingerprint density at radius 2 is 1.97 bits per heavy atom. The molecule has 0 radical (unpaired) electrons. The fourth-order valence-corrected chi connectivity index (χ4v) is 6.70. The topological polar surface area (TPSA) is 185 Å². The number of likely N-dealkylation sites (tertiary alicyclic amines) is 1. The molecule has 1 saturated heterocycles. The van der Waals surface area contributed by atoms with E-state index >= 15 is 0 Å². The molecule has 13 nitrogen and oxygen atoms in total. The normalized spacial score (nSPS) is 15.2. The number of hydrazine groups is 1. The molecule has 38 heavy (non-hydrogen) atoms. The number of hydrogen-bond donors (Lipinski definition) is 4. The summed E-state index contributed by atoms with van der Waals surface area (Å²) in [6.07, 6.45) is 0.560. The lowest BCUT2D eigenvalue weighted by Crippen LogP contribution is -2.53. The standard InChI is InChI=1S/C22H22N6O7S3/c1-38(33,34)19(20-26-25-18(35-20)9-23-27-37(31)32)21-24-16-6-5-13(8-17(16)36-21)12-3-2-4-14(7-12)22(30)28-10-15(29)11-28/h2-8,15,19,23,29,37H,9-11H2,1H3,(H,27,31,32). The van der Waals surface area contributed by atoms with Gasteiger partial charge in [-0.3, -0.25) is 4.79 Å². The molecule has 2 aromatic heterocycles. The Labute approximate surface area is 222 Å². The first kappa shape index (κ1) is 26.3. The number of nitrogens with zero attached hydrogens (tertiary/aromatic N) is 4. The Balaban J connectivity index is 1.43. The van der Waals surface area contributed by atoms with Crippen molar-refractivity contribution < 1.29 is 31.2 Å². The molecular weight excluding hydrogens is 556 g/mol. The van der Waals surface area contributed by atoms with E-state index in [0.717, 1.165) is 22.1 Å². The van der Waals surface area contributed by atoms with E-state index in [0.29, 0.717) is 24.2 Å². The molecule has 1 atom stereocenters. The van der Waals surface area contributed by atoms with Crippen LogP contribution in [0.5, 0.6) is 0 Å². The van der Waals surface area contributed by atoms with Gasteiger partial charge < -0.3 is 14.4 Å². The summed E-state index contributed by atoms with van der Waals surface area (Å²) in [4.78, 5) is 20.7. The number of aromatic nitrogens is 3. The minimum Gasteiger partial charge on any atom is -0.422 e. The molecule has 1 fully saturated rings. The Morgan fingerprint density at radius 3 is 2.68 bits per heavy atom. The molecule has 2 aromatic carbocycles. The summed E-state index contributed by atoms with van der Waals surface area (Å²) in [6.45, 7) is 0.489. The number of amides is 1. The molecule has 0 aliphatic carbocycles. The number of aliphatic hydroxyl groups excluding tert-OH is 1. The van der Waals surface area contributed by atoms with Crippen LogP contribution in [0.4, 0.5) is 0 Å². The minimum atomic E-state index is -3.77. The Hall–Kier alpha value is -3.28. The van der Waals surface area contributed by atoms with Crippen LogP contribution >= 0.6 is 11.3 Å². The number of carbonyl (C=O) groups is 1. The third kappa shape index (κ3) is 5.59. The highest BCUT2D eigenvalue weighted by Gasteiger charge is 2.34. The monoisotopic (exact) mass is 578 g/mol. The van der Waals surface area contributed by atoms with Crippen LogP contribution < -0.4 is 10.3 Å². The first-order valence-electron chi connectivity index (χ1n) is 11.2. The highest BCUT2D eigenvalue weighted by Crippen LogP contribution is 2.36. The van der Waals surface area contributed by atoms with E-state index in [1.165, 1.54) is 11.3 Å². The van der Waals surface area contributed by atoms with Crippen LogP contribution in [-0.4, -0.2) is 73.4 Å². The van der Waals surface area contributed by atoms with Crippen LogP contribution in [0.2, 0.25) is 0 Å². The third-order valence-corrected chi connectivity index (χ3v) is 8.62. The second-order valence-electron chi connectivity index (χ2n) is 8.65. The molecule has 16 heteroatoms. The lowest BCUT2D eigenvalue weighted by molar-refractivity contribution is 0.00590. The molecule has 3 heterocycles. The van der Waals surface area contributed by atoms with Gasteiger partial charge >= 0.3 is 0 Å². The summed E-state index contributed by atoms with van der Waals surface area (Å²) in [7, 11) is -6.65. The van der Waals surface area contributed by atoms with Gasteiger partial charge in [-0.1, -0.05) is 18.2 Å². The molecule has 4 aromatic rings. The molecule has 1 aliphatic heterocycles. The van der Waals surface area contributed by atoms with Gasteiger partial charge in [0.25, 0.3) is 5.91 Å². The van der Waals surface area contributed by atoms with Crippen molar-refractivity contribution in [2.45, 2.75) is 17.9 Å². The third-order valence-electron chi connectivity index (χ3n) is 5.77. The molecule has 3 N–H and O–H groups in total. The average molecular weight is 579 g/mol. The summed E-state index contributed by atoms with van der Waals surface area (Å²) in [6, 6.07) is 12.6. The van der Waals surface area contributed by atoms with Gasteiger partial charge in [-0.25, -0.2) is 27.2 Å². The molecule has 200 valence electrons. The fourth-order valence-electron chi connectivity index (χ4n) is 3.97. The maximum atomic E-state index is 12.7. The SMILES string of the molecule is CS(=O)(=O)C(c1nnc(CNN[SH](=O)=O)o1)c1nc2ccc(-c3cccc(C(=O)N4CC(O)C4)c3)cc2s1. The minimum absolute atomic E-state index is 0.0106. The van der Waals surface area contributed by atoms with Crippen molar-refractivity contribution in [3.05, 3.63) is 64.8 Å². The second kappa shape index (κ2) is 10.5. The Morgan fingerprint density at radius 1 is 1.21 bits per heavy atom. The van der Waals surface area contributed by atoms with Gasteiger partial charge in [-0.2, -0.15) is 4.83 Å². The molecule has 0 spiro atoms. The summed E-state index contributed by atoms with van der Waals surface area (Å²) in [5, 5.41) is 16.1. The molecule has 1 unspecified atom stereocenters. The van der Waals surface area contributed by atoms with Gasteiger partial charge in [0, 0.05) is 24.9 Å². The van der Waals surface area contributed by atoms with Gasteiger partial charge in [-0.15, -0.1) is 21.5 Å². The van der Waals surface area contributed by atoms with E-state index in [4.69, 9.17) is 4.42 Å². The van der Waals surface area contributed by atoms with Crippen LogP contribution in [0.25, 0.3) is 21.3 Å². The van der Waals surface area contributed by atoms with Crippen molar-refractivity contribution in [2.24, 2.45) is 0 Å². The predicted molar refractivity (Wildman–Crippen MR) is 138 cm³/mol. The number of thiol groups is 1. The number of aliphatic hydroxyl groups is 1. The van der Waals surface area contributed by atoms with Crippen LogP contribution in [0, 0.1) is 0 Å². The van der Waals surface area contributed by atoms with Crippen molar-refractivity contribution in [2.75, 3.05) is 19.3 Å². The number of rotatable bonds is 9. The van der Waals surface area contributed by atoms with E-state index in [1.54, 1.807) is 29.2 Å². The molecule has 1 amide bonds. The Kier molecular flexibility index (Phi) is 7.26. The number of benzene rings is 2. The molecule has 0 saturated carbocycles. The van der Waals surface area contributed by atoms with Crippen molar-refractivity contribution in [3.63, 3.8) is 0 Å². The number of thiazole rings is 1. The molecular formula is C22H22N6O7S3. The van der Waals surface area contributed by atoms with Gasteiger partial charge in [0.05, 0.1) is 22.9 Å². The number of β-amino-alcohol motifs (C(OH)–C–C–N with tert-alkyl or cyclic N) is 1.